The minimum absolute atomic E-state index is 0. The number of nitrogens with two attached hydrogens (primary N) is 1. The van der Waals surface area contributed by atoms with Crippen LogP contribution < -0.4 is 5.73 Å². The van der Waals surface area contributed by atoms with Crippen molar-refractivity contribution in [2.24, 2.45) is 0 Å². The van der Waals surface area contributed by atoms with Gasteiger partial charge in [-0.2, -0.15) is 0 Å². The molecule has 0 unspecified atom stereocenters. The maximum absolute atomic E-state index is 7.12. The van der Waals surface area contributed by atoms with E-state index in [2.05, 4.69) is 0 Å². The zero-order valence-corrected chi connectivity index (χ0v) is 6.07. The van der Waals surface area contributed by atoms with Crippen molar-refractivity contribution in [1.82, 2.24) is 0 Å². The third kappa shape index (κ3) is 8.96. The number of benzene rings is 1. The Morgan fingerprint density at radius 3 is 1.64 bits per heavy atom. The summed E-state index contributed by atoms with van der Waals surface area (Å²) < 4.78 is 0. The highest BCUT2D eigenvalue weighted by atomic mass is 16.4. The average molecular weight is 157 g/mol. The van der Waals surface area contributed by atoms with Crippen molar-refractivity contribution in [2.75, 3.05) is 5.73 Å². The van der Waals surface area contributed by atoms with Crippen LogP contribution >= 0.6 is 0 Å². The lowest BCUT2D eigenvalue weighted by Crippen LogP contribution is -1.79. The predicted octanol–water partition coefficient (Wildman–Crippen LogP) is -1.32. The molecule has 6 N–H and O–H groups in total. The van der Waals surface area contributed by atoms with Crippen LogP contribution in [0, 0.1) is 0 Å². The lowest BCUT2D eigenvalue weighted by molar-refractivity contribution is 0.448. The highest BCUT2D eigenvalue weighted by Gasteiger charge is 1.72. The Balaban J connectivity index is 0. The lowest BCUT2D eigenvalue weighted by Gasteiger charge is -1.83. The van der Waals surface area contributed by atoms with Crippen LogP contribution in [-0.2, 0) is 0 Å². The van der Waals surface area contributed by atoms with Gasteiger partial charge in [0.1, 0.15) is 0 Å². The largest absolute Gasteiger partial charge is 0.432 e. The third-order valence-corrected chi connectivity index (χ3v) is 0.800. The molecule has 0 heterocycles. The second-order valence-electron chi connectivity index (χ2n) is 1.55. The Bertz CT molecular complexity index is 159. The van der Waals surface area contributed by atoms with Gasteiger partial charge in [-0.15, -0.1) is 0 Å². The van der Waals surface area contributed by atoms with Crippen molar-refractivity contribution in [3.8, 4) is 0 Å². The normalized spacial score (nSPS) is 6.73. The first kappa shape index (κ1) is 12.6. The first-order valence-corrected chi connectivity index (χ1v) is 2.83. The molecule has 0 radical (unpaired) electrons. The highest BCUT2D eigenvalue weighted by Crippen LogP contribution is 1.95. The Morgan fingerprint density at radius 1 is 1.09 bits per heavy atom. The molecular formula is C6H12BNO3. The van der Waals surface area contributed by atoms with Crippen molar-refractivity contribution in [3.05, 3.63) is 30.3 Å². The zero-order chi connectivity index (χ0) is 7.82. The lowest BCUT2D eigenvalue weighted by atomic mass is 10.3. The summed E-state index contributed by atoms with van der Waals surface area (Å²) in [5, 5.41) is 14.2. The number of nitrogen functional groups attached to an aromatic ring is 1. The molecular weight excluding hydrogens is 145 g/mol. The third-order valence-electron chi connectivity index (χ3n) is 0.800. The summed E-state index contributed by atoms with van der Waals surface area (Å²) >= 11 is 0. The molecule has 5 heteroatoms. The van der Waals surface area contributed by atoms with Gasteiger partial charge in [0.25, 0.3) is 0 Å². The maximum Gasteiger partial charge on any atom is 0.432 e. The first-order chi connectivity index (χ1) is 4.81. The molecule has 62 valence electrons. The molecule has 11 heavy (non-hydrogen) atoms. The Morgan fingerprint density at radius 2 is 1.45 bits per heavy atom. The minimum atomic E-state index is -0.750. The fourth-order valence-corrected chi connectivity index (χ4v) is 0.453. The second kappa shape index (κ2) is 8.96. The van der Waals surface area contributed by atoms with Crippen molar-refractivity contribution in [3.63, 3.8) is 0 Å². The summed E-state index contributed by atoms with van der Waals surface area (Å²) in [5.41, 5.74) is 6.18. The van der Waals surface area contributed by atoms with Gasteiger partial charge in [0.2, 0.25) is 0 Å². The van der Waals surface area contributed by atoms with Crippen LogP contribution in [0.2, 0.25) is 0 Å². The molecule has 0 bridgehead atoms. The molecule has 0 aliphatic rings. The molecule has 0 saturated heterocycles. The highest BCUT2D eigenvalue weighted by molar-refractivity contribution is 6.13. The molecule has 0 atom stereocenters. The number of rotatable bonds is 0. The predicted molar refractivity (Wildman–Crippen MR) is 46.1 cm³/mol. The van der Waals surface area contributed by atoms with E-state index in [9.17, 15) is 0 Å². The van der Waals surface area contributed by atoms with Gasteiger partial charge < -0.3 is 21.3 Å². The first-order valence-electron chi connectivity index (χ1n) is 2.83. The monoisotopic (exact) mass is 157 g/mol. The van der Waals surface area contributed by atoms with Gasteiger partial charge in [-0.3, -0.25) is 0 Å². The van der Waals surface area contributed by atoms with Crippen molar-refractivity contribution in [1.29, 1.82) is 0 Å². The number of para-hydroxylation sites is 1. The Hall–Kier alpha value is -1.04. The molecule has 1 aromatic carbocycles. The van der Waals surface area contributed by atoms with Crippen LogP contribution in [0.15, 0.2) is 30.3 Å². The smallest absolute Gasteiger partial charge is 0.430 e. The van der Waals surface area contributed by atoms with Gasteiger partial charge in [0.05, 0.1) is 0 Å². The standard InChI is InChI=1S/C6H7N.BH3O2.H2O/c7-6-4-2-1-3-5-6;2-1-3;/h1-5H,7H2;1-3H;1H2. The van der Waals surface area contributed by atoms with Crippen LogP contribution in [0.5, 0.6) is 0 Å². The van der Waals surface area contributed by atoms with Crippen molar-refractivity contribution in [2.45, 2.75) is 0 Å². The van der Waals surface area contributed by atoms with Crippen LogP contribution in [0.4, 0.5) is 5.69 Å². The minimum Gasteiger partial charge on any atom is -0.430 e. The fourth-order valence-electron chi connectivity index (χ4n) is 0.453. The number of hydrogen-bond donors (Lipinski definition) is 3. The van der Waals surface area contributed by atoms with E-state index in [0.717, 1.165) is 5.69 Å². The van der Waals surface area contributed by atoms with E-state index in [1.54, 1.807) is 0 Å². The Labute approximate surface area is 65.9 Å². The van der Waals surface area contributed by atoms with E-state index in [1.165, 1.54) is 0 Å². The van der Waals surface area contributed by atoms with E-state index in [0.29, 0.717) is 0 Å². The molecule has 0 fully saturated rings. The molecule has 0 amide bonds. The topological polar surface area (TPSA) is 98.0 Å². The molecule has 0 aliphatic carbocycles. The number of hydrogen-bond acceptors (Lipinski definition) is 3. The molecule has 0 saturated carbocycles. The van der Waals surface area contributed by atoms with Crippen LogP contribution in [0.1, 0.15) is 0 Å². The molecule has 1 rings (SSSR count). The summed E-state index contributed by atoms with van der Waals surface area (Å²) in [5.74, 6) is 0. The summed E-state index contributed by atoms with van der Waals surface area (Å²) in [6.45, 7) is 0. The van der Waals surface area contributed by atoms with E-state index >= 15 is 0 Å². The summed E-state index contributed by atoms with van der Waals surface area (Å²) in [6.07, 6.45) is 0. The summed E-state index contributed by atoms with van der Waals surface area (Å²) in [6, 6.07) is 9.49. The molecule has 4 nitrogen and oxygen atoms in total. The Kier molecular flexibility index (Phi) is 10.3. The van der Waals surface area contributed by atoms with E-state index < -0.39 is 7.69 Å². The molecule has 0 aromatic heterocycles. The van der Waals surface area contributed by atoms with Crippen molar-refractivity contribution >= 4 is 13.4 Å². The number of anilines is 1. The van der Waals surface area contributed by atoms with Crippen LogP contribution in [-0.4, -0.2) is 23.2 Å². The van der Waals surface area contributed by atoms with E-state index in [1.807, 2.05) is 30.3 Å². The quantitative estimate of drug-likeness (QED) is 0.321. The zero-order valence-electron chi connectivity index (χ0n) is 6.07. The molecule has 0 spiro atoms. The van der Waals surface area contributed by atoms with Crippen LogP contribution in [0.25, 0.3) is 0 Å². The van der Waals surface area contributed by atoms with E-state index in [-0.39, 0.29) is 5.48 Å². The van der Waals surface area contributed by atoms with Gasteiger partial charge >= 0.3 is 7.69 Å². The molecule has 0 aliphatic heterocycles. The molecule has 1 aromatic rings. The van der Waals surface area contributed by atoms with Gasteiger partial charge in [0, 0.05) is 5.69 Å². The summed E-state index contributed by atoms with van der Waals surface area (Å²) in [4.78, 5) is 0. The maximum atomic E-state index is 7.12. The van der Waals surface area contributed by atoms with E-state index in [4.69, 9.17) is 15.8 Å². The summed E-state index contributed by atoms with van der Waals surface area (Å²) in [7, 11) is -0.750. The van der Waals surface area contributed by atoms with Gasteiger partial charge in [0.15, 0.2) is 0 Å². The van der Waals surface area contributed by atoms with Crippen LogP contribution in [0.3, 0.4) is 0 Å². The van der Waals surface area contributed by atoms with Gasteiger partial charge in [-0.05, 0) is 12.1 Å². The average Bonchev–Trinajstić information content (AvgIpc) is 1.91. The van der Waals surface area contributed by atoms with Gasteiger partial charge in [-0.1, -0.05) is 18.2 Å². The second-order valence-corrected chi connectivity index (χ2v) is 1.55. The van der Waals surface area contributed by atoms with Gasteiger partial charge in [-0.25, -0.2) is 0 Å². The van der Waals surface area contributed by atoms with Crippen molar-refractivity contribution < 1.29 is 15.5 Å². The fraction of sp³-hybridized carbons (Fsp3) is 0. The SMILES string of the molecule is Nc1ccccc1.O.OBO.